The zero-order valence-corrected chi connectivity index (χ0v) is 14.1. The number of nitrogens with one attached hydrogen (secondary N) is 1. The summed E-state index contributed by atoms with van der Waals surface area (Å²) in [4.78, 5) is 38.9. The molecule has 0 saturated carbocycles. The SMILES string of the molecule is CCOc1ccccc1NC(=O)CC(=O)N1CCN(C(C)=O)CC1. The summed E-state index contributed by atoms with van der Waals surface area (Å²) < 4.78 is 5.45. The van der Waals surface area contributed by atoms with E-state index in [4.69, 9.17) is 4.74 Å². The molecule has 130 valence electrons. The third-order valence-electron chi connectivity index (χ3n) is 3.85. The molecule has 1 fully saturated rings. The van der Waals surface area contributed by atoms with Gasteiger partial charge in [0.25, 0.3) is 0 Å². The molecule has 3 amide bonds. The molecule has 1 heterocycles. The van der Waals surface area contributed by atoms with Crippen molar-refractivity contribution in [1.82, 2.24) is 9.80 Å². The number of nitrogens with zero attached hydrogens (tertiary/aromatic N) is 2. The van der Waals surface area contributed by atoms with E-state index in [1.54, 1.807) is 28.0 Å². The van der Waals surface area contributed by atoms with E-state index in [2.05, 4.69) is 5.32 Å². The Bertz CT molecular complexity index is 610. The van der Waals surface area contributed by atoms with Gasteiger partial charge in [0.15, 0.2) is 0 Å². The minimum absolute atomic E-state index is 0.00683. The first-order valence-electron chi connectivity index (χ1n) is 8.06. The summed E-state index contributed by atoms with van der Waals surface area (Å²) in [6.45, 7) is 5.81. The Morgan fingerprint density at radius 1 is 1.08 bits per heavy atom. The molecule has 1 aromatic carbocycles. The van der Waals surface area contributed by atoms with Crippen LogP contribution in [0.4, 0.5) is 5.69 Å². The zero-order chi connectivity index (χ0) is 17.5. The van der Waals surface area contributed by atoms with Crippen molar-refractivity contribution >= 4 is 23.4 Å². The number of amides is 3. The van der Waals surface area contributed by atoms with Gasteiger partial charge in [0.05, 0.1) is 12.3 Å². The molecular formula is C17H23N3O4. The second-order valence-corrected chi connectivity index (χ2v) is 5.54. The van der Waals surface area contributed by atoms with Crippen molar-refractivity contribution in [2.75, 3.05) is 38.1 Å². The van der Waals surface area contributed by atoms with Gasteiger partial charge in [-0.1, -0.05) is 12.1 Å². The number of para-hydroxylation sites is 2. The Morgan fingerprint density at radius 3 is 2.33 bits per heavy atom. The maximum atomic E-state index is 12.2. The molecule has 1 saturated heterocycles. The maximum Gasteiger partial charge on any atom is 0.233 e. The maximum absolute atomic E-state index is 12.2. The van der Waals surface area contributed by atoms with Crippen LogP contribution >= 0.6 is 0 Å². The molecule has 2 rings (SSSR count). The molecule has 0 radical (unpaired) electrons. The van der Waals surface area contributed by atoms with Gasteiger partial charge in [-0.15, -0.1) is 0 Å². The lowest BCUT2D eigenvalue weighted by atomic mass is 10.2. The summed E-state index contributed by atoms with van der Waals surface area (Å²) in [5, 5.41) is 2.72. The molecular weight excluding hydrogens is 310 g/mol. The molecule has 1 aliphatic heterocycles. The van der Waals surface area contributed by atoms with Crippen molar-refractivity contribution in [1.29, 1.82) is 0 Å². The van der Waals surface area contributed by atoms with Gasteiger partial charge >= 0.3 is 0 Å². The van der Waals surface area contributed by atoms with E-state index in [0.29, 0.717) is 44.2 Å². The summed E-state index contributed by atoms with van der Waals surface area (Å²) in [6, 6.07) is 7.11. The number of hydrogen-bond donors (Lipinski definition) is 1. The molecule has 24 heavy (non-hydrogen) atoms. The van der Waals surface area contributed by atoms with Crippen LogP contribution < -0.4 is 10.1 Å². The van der Waals surface area contributed by atoms with Crippen molar-refractivity contribution in [3.8, 4) is 5.75 Å². The largest absolute Gasteiger partial charge is 0.492 e. The van der Waals surface area contributed by atoms with Crippen molar-refractivity contribution in [2.24, 2.45) is 0 Å². The average molecular weight is 333 g/mol. The summed E-state index contributed by atoms with van der Waals surface area (Å²) in [5.74, 6) is -0.0195. The summed E-state index contributed by atoms with van der Waals surface area (Å²) in [5.41, 5.74) is 0.554. The molecule has 0 bridgehead atoms. The van der Waals surface area contributed by atoms with Gasteiger partial charge in [0, 0.05) is 33.1 Å². The molecule has 0 atom stereocenters. The highest BCUT2D eigenvalue weighted by molar-refractivity contribution is 6.04. The highest BCUT2D eigenvalue weighted by Gasteiger charge is 2.24. The van der Waals surface area contributed by atoms with Gasteiger partial charge in [0.2, 0.25) is 17.7 Å². The standard InChI is InChI=1S/C17H23N3O4/c1-3-24-15-7-5-4-6-14(15)18-16(22)12-17(23)20-10-8-19(9-11-20)13(2)21/h4-7H,3,8-12H2,1-2H3,(H,18,22). The molecule has 7 nitrogen and oxygen atoms in total. The molecule has 0 spiro atoms. The van der Waals surface area contributed by atoms with Crippen LogP contribution in [-0.4, -0.2) is 60.3 Å². The third-order valence-corrected chi connectivity index (χ3v) is 3.85. The minimum atomic E-state index is -0.374. The van der Waals surface area contributed by atoms with E-state index in [9.17, 15) is 14.4 Å². The molecule has 7 heteroatoms. The van der Waals surface area contributed by atoms with E-state index in [0.717, 1.165) is 0 Å². The fraction of sp³-hybridized carbons (Fsp3) is 0.471. The highest BCUT2D eigenvalue weighted by atomic mass is 16.5. The Morgan fingerprint density at radius 2 is 1.71 bits per heavy atom. The Hall–Kier alpha value is -2.57. The minimum Gasteiger partial charge on any atom is -0.492 e. The number of hydrogen-bond acceptors (Lipinski definition) is 4. The number of ether oxygens (including phenoxy) is 1. The van der Waals surface area contributed by atoms with Crippen LogP contribution in [0.25, 0.3) is 0 Å². The number of benzene rings is 1. The smallest absolute Gasteiger partial charge is 0.233 e. The van der Waals surface area contributed by atoms with Crippen molar-refractivity contribution in [3.63, 3.8) is 0 Å². The number of piperazine rings is 1. The summed E-state index contributed by atoms with van der Waals surface area (Å²) in [6.07, 6.45) is -0.222. The lowest BCUT2D eigenvalue weighted by Gasteiger charge is -2.34. The molecule has 0 aliphatic carbocycles. The first kappa shape index (κ1) is 17.8. The van der Waals surface area contributed by atoms with E-state index < -0.39 is 0 Å². The number of carbonyl (C=O) groups is 3. The van der Waals surface area contributed by atoms with E-state index in [1.165, 1.54) is 6.92 Å². The first-order valence-corrected chi connectivity index (χ1v) is 8.06. The highest BCUT2D eigenvalue weighted by Crippen LogP contribution is 2.23. The van der Waals surface area contributed by atoms with Gasteiger partial charge < -0.3 is 19.9 Å². The predicted octanol–water partition coefficient (Wildman–Crippen LogP) is 1.10. The van der Waals surface area contributed by atoms with Gasteiger partial charge in [-0.05, 0) is 19.1 Å². The van der Waals surface area contributed by atoms with Gasteiger partial charge in [-0.25, -0.2) is 0 Å². The lowest BCUT2D eigenvalue weighted by molar-refractivity contribution is -0.140. The quantitative estimate of drug-likeness (QED) is 0.819. The number of anilines is 1. The third kappa shape index (κ3) is 4.71. The van der Waals surface area contributed by atoms with Crippen LogP contribution in [0.1, 0.15) is 20.3 Å². The molecule has 1 aromatic rings. The van der Waals surface area contributed by atoms with Gasteiger partial charge in [-0.3, -0.25) is 14.4 Å². The number of carbonyl (C=O) groups excluding carboxylic acids is 3. The van der Waals surface area contributed by atoms with Crippen LogP contribution in [0.2, 0.25) is 0 Å². The topological polar surface area (TPSA) is 79.0 Å². The molecule has 0 aromatic heterocycles. The average Bonchev–Trinajstić information content (AvgIpc) is 2.57. The van der Waals surface area contributed by atoms with Crippen LogP contribution in [0.5, 0.6) is 5.75 Å². The molecule has 0 unspecified atom stereocenters. The summed E-state index contributed by atoms with van der Waals surface area (Å²) >= 11 is 0. The lowest BCUT2D eigenvalue weighted by Crippen LogP contribution is -2.50. The van der Waals surface area contributed by atoms with E-state index in [-0.39, 0.29) is 24.1 Å². The van der Waals surface area contributed by atoms with Gasteiger partial charge in [-0.2, -0.15) is 0 Å². The van der Waals surface area contributed by atoms with Crippen molar-refractivity contribution in [2.45, 2.75) is 20.3 Å². The van der Waals surface area contributed by atoms with Crippen LogP contribution in [0, 0.1) is 0 Å². The molecule has 1 N–H and O–H groups in total. The Balaban J connectivity index is 1.86. The fourth-order valence-corrected chi connectivity index (χ4v) is 2.57. The van der Waals surface area contributed by atoms with Crippen LogP contribution in [0.3, 0.4) is 0 Å². The zero-order valence-electron chi connectivity index (χ0n) is 14.1. The Labute approximate surface area is 141 Å². The van der Waals surface area contributed by atoms with Crippen molar-refractivity contribution in [3.05, 3.63) is 24.3 Å². The van der Waals surface area contributed by atoms with Crippen molar-refractivity contribution < 1.29 is 19.1 Å². The van der Waals surface area contributed by atoms with E-state index >= 15 is 0 Å². The normalized spacial score (nSPS) is 14.2. The van der Waals surface area contributed by atoms with Gasteiger partial charge in [0.1, 0.15) is 12.2 Å². The second-order valence-electron chi connectivity index (χ2n) is 5.54. The van der Waals surface area contributed by atoms with E-state index in [1.807, 2.05) is 13.0 Å². The predicted molar refractivity (Wildman–Crippen MR) is 89.7 cm³/mol. The molecule has 1 aliphatic rings. The number of rotatable bonds is 5. The summed E-state index contributed by atoms with van der Waals surface area (Å²) in [7, 11) is 0. The van der Waals surface area contributed by atoms with Crippen LogP contribution in [0.15, 0.2) is 24.3 Å². The second kappa shape index (κ2) is 8.33. The fourth-order valence-electron chi connectivity index (χ4n) is 2.57. The monoisotopic (exact) mass is 333 g/mol. The first-order chi connectivity index (χ1) is 11.5. The van der Waals surface area contributed by atoms with Crippen LogP contribution in [-0.2, 0) is 14.4 Å². The Kier molecular flexibility index (Phi) is 6.17.